The summed E-state index contributed by atoms with van der Waals surface area (Å²) in [5.41, 5.74) is 0.863. The predicted octanol–water partition coefficient (Wildman–Crippen LogP) is 28.9. The Balaban J connectivity index is -0.000000211. The number of hydrogen-bond donors (Lipinski definition) is 0. The first kappa shape index (κ1) is 90.4. The second kappa shape index (κ2) is 45.3. The predicted molar refractivity (Wildman–Crippen MR) is 337 cm³/mol. The minimum atomic E-state index is -3.99. The van der Waals surface area contributed by atoms with E-state index in [1.165, 1.54) is 65.7 Å². The molecular weight excluding hydrogens is 1130 g/mol. The van der Waals surface area contributed by atoms with Crippen molar-refractivity contribution >= 4 is 0 Å². The Morgan fingerprint density at radius 2 is 0.753 bits per heavy atom. The average Bonchev–Trinajstić information content (AvgIpc) is 3.90. The number of hydrogen-bond acceptors (Lipinski definition) is 0. The summed E-state index contributed by atoms with van der Waals surface area (Å²) in [5.74, 6) is -0.994. The largest absolute Gasteiger partial charge is 0.392 e. The Morgan fingerprint density at radius 1 is 0.388 bits per heavy atom. The van der Waals surface area contributed by atoms with Crippen molar-refractivity contribution in [2.24, 2.45) is 105 Å². The van der Waals surface area contributed by atoms with Gasteiger partial charge in [-0.05, 0) is 133 Å². The second-order valence-corrected chi connectivity index (χ2v) is 30.2. The van der Waals surface area contributed by atoms with Crippen molar-refractivity contribution in [1.29, 1.82) is 0 Å². The second-order valence-electron chi connectivity index (χ2n) is 30.2. The lowest BCUT2D eigenvalue weighted by molar-refractivity contribution is -0.199. The van der Waals surface area contributed by atoms with Crippen LogP contribution in [0.2, 0.25) is 0 Å². The Hall–Kier alpha value is -1.05. The third-order valence-electron chi connectivity index (χ3n) is 17.3. The molecule has 13 atom stereocenters. The van der Waals surface area contributed by atoms with Crippen LogP contribution in [0.5, 0.6) is 0 Å². The molecule has 0 radical (unpaired) electrons. The van der Waals surface area contributed by atoms with Gasteiger partial charge in [-0.1, -0.05) is 258 Å². The van der Waals surface area contributed by atoms with Crippen LogP contribution in [-0.2, 0) is 0 Å². The van der Waals surface area contributed by atoms with Crippen molar-refractivity contribution in [3.8, 4) is 0 Å². The van der Waals surface area contributed by atoms with E-state index in [0.717, 1.165) is 49.4 Å². The molecule has 0 aromatic carbocycles. The summed E-state index contributed by atoms with van der Waals surface area (Å²) in [6, 6.07) is 0. The molecule has 0 nitrogen and oxygen atoms in total. The molecule has 0 aromatic rings. The smallest absolute Gasteiger partial charge is 0.171 e. The van der Waals surface area contributed by atoms with Crippen LogP contribution in [0.1, 0.15) is 319 Å². The monoisotopic (exact) mass is 1270 g/mol. The van der Waals surface area contributed by atoms with Crippen LogP contribution in [0.25, 0.3) is 0 Å². The standard InChI is InChI=1S/2C9H15F3.C8H13F3.C8H16.C7H16.C6H11F3.3C6H14.C5H9F3/c1-6-3-7(2)5-8(4-6)9(10,11)12;1-6-4-3-5-8(7(6)2)9(10,11)12;1-5-3-6(2)7(4-5)8(9,10)11;1-6-4-5-7(2)8(6)3;1-5-6-7(2,3)4;1-3-4-5(2)6(7,8)9;2*1-5-6(2,3)4;1-4-5-6(2)3;1-3-4(2)5(6,7)8/h2*6-8H,3-5H2,1-2H3;5-7H,3-4H2,1-2H3;6-8H,4-5H2,1-3H3;5-6H2,1-4H3;5H,3-4H2,1-2H3;2*5H2,1-4H3;6H,4-5H2,1-3H3;4H,3H2,1-2H3/t6-,7?,8?;6?,7-,8?;5-,6?,7?;;;;;;;/m010......./s1/i;;;;;;5D2;;;. The molecule has 0 spiro atoms. The van der Waals surface area contributed by atoms with Gasteiger partial charge in [0.15, 0.2) is 0 Å². The highest BCUT2D eigenvalue weighted by atomic mass is 19.4. The van der Waals surface area contributed by atoms with E-state index < -0.39 is 66.8 Å². The molecule has 0 aliphatic heterocycles. The van der Waals surface area contributed by atoms with Gasteiger partial charge in [0.1, 0.15) is 0 Å². The Kier molecular flexibility index (Phi) is 48.1. The van der Waals surface area contributed by atoms with E-state index in [4.69, 9.17) is 2.74 Å². The fraction of sp³-hybridized carbons (Fsp3) is 1.00. The molecule has 10 unspecified atom stereocenters. The van der Waals surface area contributed by atoms with Crippen molar-refractivity contribution < 1.29 is 68.6 Å². The molecule has 0 aromatic heterocycles. The lowest BCUT2D eigenvalue weighted by atomic mass is 9.73. The van der Waals surface area contributed by atoms with Crippen molar-refractivity contribution in [1.82, 2.24) is 0 Å². The minimum absolute atomic E-state index is 0.170. The first-order chi connectivity index (χ1) is 38.5. The quantitative estimate of drug-likeness (QED) is 0.233. The van der Waals surface area contributed by atoms with Crippen LogP contribution in [0.15, 0.2) is 0 Å². The van der Waals surface area contributed by atoms with Gasteiger partial charge < -0.3 is 0 Å². The molecule has 0 saturated heterocycles. The molecule has 4 saturated carbocycles. The van der Waals surface area contributed by atoms with E-state index in [1.54, 1.807) is 27.7 Å². The van der Waals surface area contributed by atoms with E-state index in [9.17, 15) is 65.9 Å². The molecule has 0 heterocycles. The molecule has 4 aliphatic rings. The average molecular weight is 1270 g/mol. The maximum Gasteiger partial charge on any atom is 0.392 e. The molecule has 85 heavy (non-hydrogen) atoms. The van der Waals surface area contributed by atoms with Gasteiger partial charge in [0.25, 0.3) is 0 Å². The summed E-state index contributed by atoms with van der Waals surface area (Å²) in [7, 11) is 0. The number of alkyl halides is 15. The van der Waals surface area contributed by atoms with Crippen molar-refractivity contribution in [2.45, 2.75) is 347 Å². The van der Waals surface area contributed by atoms with Crippen LogP contribution in [0.3, 0.4) is 0 Å². The molecule has 0 amide bonds. The van der Waals surface area contributed by atoms with Gasteiger partial charge in [0.2, 0.25) is 0 Å². The summed E-state index contributed by atoms with van der Waals surface area (Å²) in [6.07, 6.45) is -5.74. The molecular formula is C70H137F15. The first-order valence-electron chi connectivity index (χ1n) is 33.9. The highest BCUT2D eigenvalue weighted by Gasteiger charge is 2.48. The van der Waals surface area contributed by atoms with Crippen molar-refractivity contribution in [3.63, 3.8) is 0 Å². The van der Waals surface area contributed by atoms with Crippen LogP contribution >= 0.6 is 0 Å². The highest BCUT2D eigenvalue weighted by Crippen LogP contribution is 2.46. The Labute approximate surface area is 518 Å². The maximum absolute atomic E-state index is 12.4. The summed E-state index contributed by atoms with van der Waals surface area (Å²) in [5, 5.41) is 0. The van der Waals surface area contributed by atoms with Gasteiger partial charge in [-0.2, -0.15) is 65.9 Å². The molecule has 15 heteroatoms. The highest BCUT2D eigenvalue weighted by molar-refractivity contribution is 4.84. The van der Waals surface area contributed by atoms with E-state index in [-0.39, 0.29) is 53.8 Å². The first-order valence-corrected chi connectivity index (χ1v) is 32.9. The topological polar surface area (TPSA) is 0 Å². The summed E-state index contributed by atoms with van der Waals surface area (Å²) < 4.78 is 194. The van der Waals surface area contributed by atoms with Crippen molar-refractivity contribution in [2.75, 3.05) is 0 Å². The normalized spacial score (nSPS) is 27.5. The summed E-state index contributed by atoms with van der Waals surface area (Å²) in [4.78, 5) is 0. The SMILES string of the molecule is CC1CC(C(F)(F)F)C[C@@H](C)C1.CC1CCC(C)C1C.CC1CCCC(C(F)(F)F)[C@@H]1C.CC1C[C@H](C)CC1C(F)(F)F.CCC(C)(C)C.CCC(C)C(F)(F)F.CCCC(C)(C)C.CCCC(C)C.CCCC(C)C(F)(F)F.[2H]C([2H])(C)C(C)(C)C. The molecule has 522 valence electrons. The molecule has 0 bridgehead atoms. The molecule has 4 rings (SSSR count). The fourth-order valence-corrected chi connectivity index (χ4v) is 10.0. The molecule has 4 aliphatic carbocycles. The molecule has 4 fully saturated rings. The summed E-state index contributed by atoms with van der Waals surface area (Å²) >= 11 is 0. The van der Waals surface area contributed by atoms with Crippen LogP contribution in [0, 0.1) is 105 Å². The zero-order valence-electron chi connectivity index (χ0n) is 61.6. The van der Waals surface area contributed by atoms with Crippen LogP contribution in [0.4, 0.5) is 65.9 Å². The third kappa shape index (κ3) is 56.7. The maximum atomic E-state index is 12.4. The molecule has 0 N–H and O–H groups in total. The lowest BCUT2D eigenvalue weighted by Crippen LogP contribution is -2.35. The minimum Gasteiger partial charge on any atom is -0.171 e. The number of rotatable bonds is 6. The number of halogens is 15. The lowest BCUT2D eigenvalue weighted by Gasteiger charge is -2.35. The van der Waals surface area contributed by atoms with Gasteiger partial charge in [0, 0.05) is 2.74 Å². The van der Waals surface area contributed by atoms with Crippen LogP contribution in [-0.4, -0.2) is 30.9 Å². The van der Waals surface area contributed by atoms with Gasteiger partial charge in [-0.3, -0.25) is 0 Å². The zero-order chi connectivity index (χ0) is 70.9. The van der Waals surface area contributed by atoms with Gasteiger partial charge in [0.05, 0.1) is 29.6 Å². The summed E-state index contributed by atoms with van der Waals surface area (Å²) in [6.45, 7) is 55.8. The fourth-order valence-electron chi connectivity index (χ4n) is 10.0. The van der Waals surface area contributed by atoms with E-state index >= 15 is 0 Å². The van der Waals surface area contributed by atoms with E-state index in [0.29, 0.717) is 42.9 Å². The Bertz CT molecular complexity index is 1560. The van der Waals surface area contributed by atoms with Gasteiger partial charge >= 0.3 is 30.9 Å². The Morgan fingerprint density at radius 3 is 0.906 bits per heavy atom. The van der Waals surface area contributed by atoms with E-state index in [2.05, 4.69) is 96.9 Å². The zero-order valence-corrected chi connectivity index (χ0v) is 59.6. The third-order valence-corrected chi connectivity index (χ3v) is 17.3. The van der Waals surface area contributed by atoms with Gasteiger partial charge in [-0.15, -0.1) is 0 Å². The van der Waals surface area contributed by atoms with Gasteiger partial charge in [-0.25, -0.2) is 0 Å². The van der Waals surface area contributed by atoms with Crippen LogP contribution < -0.4 is 0 Å². The van der Waals surface area contributed by atoms with Crippen molar-refractivity contribution in [3.05, 3.63) is 0 Å². The van der Waals surface area contributed by atoms with E-state index in [1.807, 2.05) is 48.5 Å².